The third kappa shape index (κ3) is 3.22. The first-order valence-electron chi connectivity index (χ1n) is 11.3. The van der Waals surface area contributed by atoms with Crippen molar-refractivity contribution in [1.29, 1.82) is 0 Å². The van der Waals surface area contributed by atoms with Crippen molar-refractivity contribution in [3.05, 3.63) is 46.3 Å². The summed E-state index contributed by atoms with van der Waals surface area (Å²) in [5, 5.41) is 19.5. The van der Waals surface area contributed by atoms with E-state index >= 15 is 4.39 Å². The Kier molecular flexibility index (Phi) is 4.79. The Balaban J connectivity index is 1.46. The van der Waals surface area contributed by atoms with E-state index in [1.54, 1.807) is 25.1 Å². The number of hydrogen-bond acceptors (Lipinski definition) is 7. The summed E-state index contributed by atoms with van der Waals surface area (Å²) in [6.45, 7) is 5.93. The lowest BCUT2D eigenvalue weighted by Crippen LogP contribution is -2.66. The summed E-state index contributed by atoms with van der Waals surface area (Å²) in [4.78, 5) is 16.3. The Labute approximate surface area is 191 Å². The number of aromatic hydroxyl groups is 1. The van der Waals surface area contributed by atoms with Crippen molar-refractivity contribution >= 4 is 16.8 Å². The van der Waals surface area contributed by atoms with Crippen molar-refractivity contribution in [2.75, 3.05) is 19.0 Å². The summed E-state index contributed by atoms with van der Waals surface area (Å²) in [6, 6.07) is 7.61. The van der Waals surface area contributed by atoms with Gasteiger partial charge in [0.2, 0.25) is 0 Å². The summed E-state index contributed by atoms with van der Waals surface area (Å²) in [7, 11) is 3.90. The molecule has 8 heteroatoms. The molecule has 33 heavy (non-hydrogen) atoms. The predicted octanol–water partition coefficient (Wildman–Crippen LogP) is 4.05. The van der Waals surface area contributed by atoms with Gasteiger partial charge in [-0.2, -0.15) is 0 Å². The lowest BCUT2D eigenvalue weighted by Gasteiger charge is -2.53. The van der Waals surface area contributed by atoms with Gasteiger partial charge in [0.15, 0.2) is 11.2 Å². The molecular weight excluding hydrogens is 423 g/mol. The summed E-state index contributed by atoms with van der Waals surface area (Å²) in [5.74, 6) is 0.985. The Morgan fingerprint density at radius 3 is 2.67 bits per heavy atom. The molecule has 0 spiro atoms. The molecule has 5 rings (SSSR count). The maximum atomic E-state index is 15.7. The summed E-state index contributed by atoms with van der Waals surface area (Å²) in [6.07, 6.45) is 1.52. The highest BCUT2D eigenvalue weighted by Gasteiger charge is 2.60. The Morgan fingerprint density at radius 1 is 1.21 bits per heavy atom. The van der Waals surface area contributed by atoms with E-state index in [1.807, 2.05) is 25.9 Å². The van der Waals surface area contributed by atoms with Gasteiger partial charge >= 0.3 is 0 Å². The second kappa shape index (κ2) is 7.25. The Bertz CT molecular complexity index is 1290. The van der Waals surface area contributed by atoms with E-state index in [9.17, 15) is 9.90 Å². The molecule has 2 aliphatic heterocycles. The molecule has 0 saturated carbocycles. The molecule has 0 amide bonds. The number of phenolic OH excluding ortho intramolecular Hbond substituents is 1. The van der Waals surface area contributed by atoms with Crippen LogP contribution in [0.25, 0.3) is 22.2 Å². The zero-order valence-electron chi connectivity index (χ0n) is 19.6. The smallest absolute Gasteiger partial charge is 0.193 e. The van der Waals surface area contributed by atoms with Gasteiger partial charge in [0.1, 0.15) is 23.3 Å². The number of fused-ring (bicyclic) bond motifs is 3. The maximum Gasteiger partial charge on any atom is 0.193 e. The van der Waals surface area contributed by atoms with Crippen LogP contribution in [0.1, 0.15) is 38.9 Å². The van der Waals surface area contributed by atoms with Gasteiger partial charge in [-0.1, -0.05) is 0 Å². The van der Waals surface area contributed by atoms with E-state index in [0.29, 0.717) is 40.2 Å². The maximum absolute atomic E-state index is 15.7. The Hall–Kier alpha value is -3.00. The molecule has 4 heterocycles. The van der Waals surface area contributed by atoms with Gasteiger partial charge in [0, 0.05) is 24.2 Å². The number of benzene rings is 1. The van der Waals surface area contributed by atoms with Crippen LogP contribution in [-0.2, 0) is 0 Å². The fraction of sp³-hybridized carbons (Fsp3) is 0.480. The normalized spacial score (nSPS) is 29.5. The zero-order chi connectivity index (χ0) is 23.7. The lowest BCUT2D eigenvalue weighted by molar-refractivity contribution is -0.0359. The third-order valence-corrected chi connectivity index (χ3v) is 8.08. The number of halogens is 1. The number of phenols is 1. The summed E-state index contributed by atoms with van der Waals surface area (Å²) in [5.41, 5.74) is 0.489. The molecule has 0 unspecified atom stereocenters. The number of piperidine rings is 1. The number of aryl methyl sites for hydroxylation is 1. The van der Waals surface area contributed by atoms with Gasteiger partial charge in [-0.15, -0.1) is 10.2 Å². The predicted molar refractivity (Wildman–Crippen MR) is 125 cm³/mol. The highest BCUT2D eigenvalue weighted by Crippen LogP contribution is 2.51. The van der Waals surface area contributed by atoms with Crippen LogP contribution in [0, 0.1) is 6.92 Å². The highest BCUT2D eigenvalue weighted by atomic mass is 19.1. The largest absolute Gasteiger partial charge is 0.507 e. The minimum Gasteiger partial charge on any atom is -0.507 e. The summed E-state index contributed by atoms with van der Waals surface area (Å²) < 4.78 is 21.3. The van der Waals surface area contributed by atoms with Crippen LogP contribution in [-0.4, -0.2) is 57.6 Å². The van der Waals surface area contributed by atoms with Gasteiger partial charge in [-0.05, 0) is 71.3 Å². The highest BCUT2D eigenvalue weighted by molar-refractivity contribution is 5.85. The van der Waals surface area contributed by atoms with Crippen molar-refractivity contribution in [2.24, 2.45) is 0 Å². The lowest BCUT2D eigenvalue weighted by atomic mass is 9.80. The standard InChI is InChI=1S/C25H29FN4O3/c1-14-10-19(31)16-11-20(32)15(12-21(16)33-14)17-6-7-22(28-27-17)29(4)18-13-24(2)8-9-25(3,23(18)26)30(24)5/h6-7,10-12,18,23,32H,8-9,13H2,1-5H3/t18-,23-,24-,25+/m0/s1. The average molecular weight is 453 g/mol. The molecule has 0 aliphatic carbocycles. The van der Waals surface area contributed by atoms with Crippen molar-refractivity contribution in [1.82, 2.24) is 15.1 Å². The van der Waals surface area contributed by atoms with E-state index < -0.39 is 11.7 Å². The number of rotatable bonds is 3. The minimum absolute atomic E-state index is 0.0391. The second-order valence-corrected chi connectivity index (χ2v) is 10.1. The van der Waals surface area contributed by atoms with Gasteiger partial charge in [0.25, 0.3) is 0 Å². The van der Waals surface area contributed by atoms with E-state index in [1.165, 1.54) is 12.1 Å². The molecule has 1 N–H and O–H groups in total. The van der Waals surface area contributed by atoms with Crippen LogP contribution in [0.2, 0.25) is 0 Å². The fourth-order valence-electron chi connectivity index (χ4n) is 5.68. The van der Waals surface area contributed by atoms with E-state index in [-0.39, 0.29) is 22.8 Å². The van der Waals surface area contributed by atoms with Crippen LogP contribution < -0.4 is 10.3 Å². The molecule has 2 aromatic heterocycles. The molecule has 2 aliphatic rings. The monoisotopic (exact) mass is 452 g/mol. The molecule has 2 fully saturated rings. The molecule has 0 radical (unpaired) electrons. The molecule has 1 aromatic carbocycles. The Morgan fingerprint density at radius 2 is 1.97 bits per heavy atom. The minimum atomic E-state index is -1.01. The van der Waals surface area contributed by atoms with Gasteiger partial charge in [-0.3, -0.25) is 9.69 Å². The van der Waals surface area contributed by atoms with E-state index in [2.05, 4.69) is 22.0 Å². The van der Waals surface area contributed by atoms with Crippen LogP contribution in [0.4, 0.5) is 10.2 Å². The molecule has 174 valence electrons. The van der Waals surface area contributed by atoms with Crippen molar-refractivity contribution in [2.45, 2.75) is 63.3 Å². The number of nitrogens with zero attached hydrogens (tertiary/aromatic N) is 4. The molecular formula is C25H29FN4O3. The first-order valence-corrected chi connectivity index (χ1v) is 11.3. The fourth-order valence-corrected chi connectivity index (χ4v) is 5.68. The average Bonchev–Trinajstić information content (AvgIpc) is 2.95. The van der Waals surface area contributed by atoms with E-state index in [4.69, 9.17) is 4.42 Å². The molecule has 4 atom stereocenters. The molecule has 7 nitrogen and oxygen atoms in total. The van der Waals surface area contributed by atoms with Gasteiger partial charge in [-0.25, -0.2) is 4.39 Å². The van der Waals surface area contributed by atoms with Crippen molar-refractivity contribution < 1.29 is 13.9 Å². The van der Waals surface area contributed by atoms with Crippen molar-refractivity contribution in [3.8, 4) is 17.0 Å². The second-order valence-electron chi connectivity index (χ2n) is 10.1. The van der Waals surface area contributed by atoms with Crippen LogP contribution in [0.15, 0.2) is 39.5 Å². The topological polar surface area (TPSA) is 82.7 Å². The number of anilines is 1. The van der Waals surface area contributed by atoms with Gasteiger partial charge in [0.05, 0.1) is 22.7 Å². The zero-order valence-corrected chi connectivity index (χ0v) is 19.6. The van der Waals surface area contributed by atoms with Gasteiger partial charge < -0.3 is 14.4 Å². The quantitative estimate of drug-likeness (QED) is 0.642. The molecule has 3 aromatic rings. The van der Waals surface area contributed by atoms with Crippen LogP contribution >= 0.6 is 0 Å². The summed E-state index contributed by atoms with van der Waals surface area (Å²) >= 11 is 0. The number of alkyl halides is 1. The van der Waals surface area contributed by atoms with E-state index in [0.717, 1.165) is 12.8 Å². The SMILES string of the molecule is Cc1cc(=O)c2cc(O)c(-c3ccc(N(C)[C@H]4C[C@]5(C)CC[C@](C)([C@H]4F)N5C)nn3)cc2o1. The number of aromatic nitrogens is 2. The van der Waals surface area contributed by atoms with Crippen molar-refractivity contribution in [3.63, 3.8) is 0 Å². The molecule has 2 saturated heterocycles. The third-order valence-electron chi connectivity index (χ3n) is 8.08. The number of hydrogen-bond donors (Lipinski definition) is 1. The first kappa shape index (κ1) is 21.8. The molecule has 2 bridgehead atoms. The van der Waals surface area contributed by atoms with Crippen LogP contribution in [0.5, 0.6) is 5.75 Å². The van der Waals surface area contributed by atoms with Crippen LogP contribution in [0.3, 0.4) is 0 Å². The first-order chi connectivity index (χ1) is 15.5.